The molecule has 116 valence electrons. The molecule has 1 amide bonds. The Balaban J connectivity index is 2.10. The van der Waals surface area contributed by atoms with E-state index in [9.17, 15) is 9.59 Å². The first kappa shape index (κ1) is 16.7. The van der Waals surface area contributed by atoms with Gasteiger partial charge in [-0.1, -0.05) is 23.7 Å². The van der Waals surface area contributed by atoms with Crippen molar-refractivity contribution in [3.63, 3.8) is 0 Å². The normalized spacial score (nSPS) is 11.3. The molecule has 0 saturated carbocycles. The third-order valence-corrected chi connectivity index (χ3v) is 3.69. The van der Waals surface area contributed by atoms with E-state index in [1.807, 2.05) is 6.07 Å². The van der Waals surface area contributed by atoms with Gasteiger partial charge < -0.3 is 5.32 Å². The number of halogens is 1. The van der Waals surface area contributed by atoms with Crippen LogP contribution in [-0.2, 0) is 16.0 Å². The fourth-order valence-electron chi connectivity index (χ4n) is 2.13. The van der Waals surface area contributed by atoms with Crippen LogP contribution in [0.15, 0.2) is 48.5 Å². The average molecular weight is 327 g/mol. The zero-order chi connectivity index (χ0) is 16.8. The first-order chi connectivity index (χ1) is 11.0. The quantitative estimate of drug-likeness (QED) is 0.853. The summed E-state index contributed by atoms with van der Waals surface area (Å²) in [5.74, 6) is -1.34. The van der Waals surface area contributed by atoms with Crippen molar-refractivity contribution < 1.29 is 9.59 Å². The zero-order valence-corrected chi connectivity index (χ0v) is 13.3. The van der Waals surface area contributed by atoms with Gasteiger partial charge in [0.05, 0.1) is 11.6 Å². The number of nitrogens with zero attached hydrogens (tertiary/aromatic N) is 1. The number of nitriles is 1. The van der Waals surface area contributed by atoms with E-state index in [1.165, 1.54) is 6.92 Å². The molecule has 23 heavy (non-hydrogen) atoms. The second-order valence-corrected chi connectivity index (χ2v) is 5.61. The van der Waals surface area contributed by atoms with Crippen LogP contribution in [0.4, 0.5) is 5.69 Å². The lowest BCUT2D eigenvalue weighted by Gasteiger charge is -2.14. The van der Waals surface area contributed by atoms with Gasteiger partial charge in [0.2, 0.25) is 5.91 Å². The van der Waals surface area contributed by atoms with E-state index >= 15 is 0 Å². The minimum Gasteiger partial charge on any atom is -0.325 e. The summed E-state index contributed by atoms with van der Waals surface area (Å²) in [4.78, 5) is 24.2. The molecule has 0 aliphatic carbocycles. The summed E-state index contributed by atoms with van der Waals surface area (Å²) in [6.07, 6.45) is 0.292. The van der Waals surface area contributed by atoms with Gasteiger partial charge in [-0.25, -0.2) is 0 Å². The molecule has 0 radical (unpaired) electrons. The van der Waals surface area contributed by atoms with Crippen molar-refractivity contribution in [2.75, 3.05) is 5.32 Å². The Labute approximate surface area is 139 Å². The Bertz CT molecular complexity index is 746. The summed E-state index contributed by atoms with van der Waals surface area (Å²) >= 11 is 5.80. The minimum atomic E-state index is -0.779. The number of carbonyl (C=O) groups is 2. The van der Waals surface area contributed by atoms with E-state index < -0.39 is 5.92 Å². The van der Waals surface area contributed by atoms with Gasteiger partial charge in [-0.3, -0.25) is 9.59 Å². The predicted molar refractivity (Wildman–Crippen MR) is 89.1 cm³/mol. The standard InChI is InChI=1S/C18H15ClN2O2/c1-12(22)17(10-13-2-4-14(11-20)5-3-13)18(23)21-16-8-6-15(19)7-9-16/h2-9,17H,10H2,1H3,(H,21,23)/t17-/m1/s1. The van der Waals surface area contributed by atoms with Crippen LogP contribution in [0.25, 0.3) is 0 Å². The van der Waals surface area contributed by atoms with Gasteiger partial charge in [0, 0.05) is 10.7 Å². The highest BCUT2D eigenvalue weighted by Gasteiger charge is 2.23. The van der Waals surface area contributed by atoms with Crippen molar-refractivity contribution in [2.24, 2.45) is 5.92 Å². The van der Waals surface area contributed by atoms with Gasteiger partial charge in [-0.2, -0.15) is 5.26 Å². The van der Waals surface area contributed by atoms with E-state index in [4.69, 9.17) is 16.9 Å². The molecule has 0 bridgehead atoms. The molecule has 1 atom stereocenters. The molecule has 0 heterocycles. The van der Waals surface area contributed by atoms with E-state index in [0.717, 1.165) is 5.56 Å². The van der Waals surface area contributed by atoms with E-state index in [2.05, 4.69) is 5.32 Å². The Morgan fingerprint density at radius 2 is 1.74 bits per heavy atom. The number of carbonyl (C=O) groups excluding carboxylic acids is 2. The Kier molecular flexibility index (Phi) is 5.51. The smallest absolute Gasteiger partial charge is 0.235 e. The number of Topliss-reactive ketones (excluding diaryl/α,β-unsaturated/α-hetero) is 1. The van der Waals surface area contributed by atoms with Gasteiger partial charge in [-0.15, -0.1) is 0 Å². The largest absolute Gasteiger partial charge is 0.325 e. The highest BCUT2D eigenvalue weighted by Crippen LogP contribution is 2.17. The molecule has 0 aliphatic rings. The van der Waals surface area contributed by atoms with E-state index in [1.54, 1.807) is 48.5 Å². The summed E-state index contributed by atoms with van der Waals surface area (Å²) in [6.45, 7) is 1.40. The number of ketones is 1. The maximum Gasteiger partial charge on any atom is 0.235 e. The van der Waals surface area contributed by atoms with Crippen LogP contribution in [0.3, 0.4) is 0 Å². The van der Waals surface area contributed by atoms with Gasteiger partial charge in [0.25, 0.3) is 0 Å². The molecule has 0 saturated heterocycles. The highest BCUT2D eigenvalue weighted by atomic mass is 35.5. The van der Waals surface area contributed by atoms with Crippen molar-refractivity contribution in [3.8, 4) is 6.07 Å². The summed E-state index contributed by atoms with van der Waals surface area (Å²) in [5, 5.41) is 12.1. The molecule has 0 fully saturated rings. The summed E-state index contributed by atoms with van der Waals surface area (Å²) < 4.78 is 0. The van der Waals surface area contributed by atoms with E-state index in [-0.39, 0.29) is 11.7 Å². The molecule has 5 heteroatoms. The minimum absolute atomic E-state index is 0.208. The lowest BCUT2D eigenvalue weighted by molar-refractivity contribution is -0.129. The van der Waals surface area contributed by atoms with Gasteiger partial charge in [-0.05, 0) is 55.3 Å². The van der Waals surface area contributed by atoms with E-state index in [0.29, 0.717) is 22.7 Å². The third kappa shape index (κ3) is 4.67. The lowest BCUT2D eigenvalue weighted by atomic mass is 9.94. The van der Waals surface area contributed by atoms with Gasteiger partial charge in [0.1, 0.15) is 11.7 Å². The molecule has 0 spiro atoms. The van der Waals surface area contributed by atoms with Crippen molar-refractivity contribution in [1.82, 2.24) is 0 Å². The molecule has 0 aliphatic heterocycles. The first-order valence-electron chi connectivity index (χ1n) is 7.05. The molecule has 2 rings (SSSR count). The molecular weight excluding hydrogens is 312 g/mol. The number of rotatable bonds is 5. The Morgan fingerprint density at radius 3 is 2.26 bits per heavy atom. The van der Waals surface area contributed by atoms with Crippen LogP contribution in [-0.4, -0.2) is 11.7 Å². The summed E-state index contributed by atoms with van der Waals surface area (Å²) in [6, 6.07) is 15.6. The molecule has 2 aromatic carbocycles. The topological polar surface area (TPSA) is 70.0 Å². The van der Waals surface area contributed by atoms with Crippen molar-refractivity contribution >= 4 is 29.0 Å². The maximum atomic E-state index is 12.3. The van der Waals surface area contributed by atoms with Crippen LogP contribution in [0.2, 0.25) is 5.02 Å². The maximum absolute atomic E-state index is 12.3. The lowest BCUT2D eigenvalue weighted by Crippen LogP contribution is -2.30. The van der Waals surface area contributed by atoms with Gasteiger partial charge in [0.15, 0.2) is 0 Å². The predicted octanol–water partition coefficient (Wildman–Crippen LogP) is 3.60. The summed E-state index contributed by atoms with van der Waals surface area (Å²) in [7, 11) is 0. The van der Waals surface area contributed by atoms with Gasteiger partial charge >= 0.3 is 0 Å². The molecule has 0 aromatic heterocycles. The second kappa shape index (κ2) is 7.57. The molecule has 1 N–H and O–H groups in total. The number of nitrogens with one attached hydrogen (secondary N) is 1. The highest BCUT2D eigenvalue weighted by molar-refractivity contribution is 6.30. The number of anilines is 1. The average Bonchev–Trinajstić information content (AvgIpc) is 2.55. The fraction of sp³-hybridized carbons (Fsp3) is 0.167. The number of hydrogen-bond acceptors (Lipinski definition) is 3. The first-order valence-corrected chi connectivity index (χ1v) is 7.43. The number of benzene rings is 2. The molecule has 2 aromatic rings. The SMILES string of the molecule is CC(=O)[C@@H](Cc1ccc(C#N)cc1)C(=O)Nc1ccc(Cl)cc1. The monoisotopic (exact) mass is 326 g/mol. The Morgan fingerprint density at radius 1 is 1.13 bits per heavy atom. The Hall–Kier alpha value is -2.64. The van der Waals surface area contributed by atoms with Crippen molar-refractivity contribution in [1.29, 1.82) is 5.26 Å². The second-order valence-electron chi connectivity index (χ2n) is 5.17. The molecular formula is C18H15ClN2O2. The van der Waals surface area contributed by atoms with Crippen LogP contribution in [0, 0.1) is 17.2 Å². The van der Waals surface area contributed by atoms with Crippen LogP contribution in [0.5, 0.6) is 0 Å². The third-order valence-electron chi connectivity index (χ3n) is 3.44. The van der Waals surface area contributed by atoms with Crippen LogP contribution in [0.1, 0.15) is 18.1 Å². The van der Waals surface area contributed by atoms with Crippen molar-refractivity contribution in [3.05, 3.63) is 64.7 Å². The fourth-order valence-corrected chi connectivity index (χ4v) is 2.26. The van der Waals surface area contributed by atoms with Crippen LogP contribution >= 0.6 is 11.6 Å². The molecule has 4 nitrogen and oxygen atoms in total. The number of amides is 1. The van der Waals surface area contributed by atoms with Crippen molar-refractivity contribution in [2.45, 2.75) is 13.3 Å². The molecule has 0 unspecified atom stereocenters. The zero-order valence-electron chi connectivity index (χ0n) is 12.5. The summed E-state index contributed by atoms with van der Waals surface area (Å²) in [5.41, 5.74) is 1.96. The number of hydrogen-bond donors (Lipinski definition) is 1. The van der Waals surface area contributed by atoms with Crippen LogP contribution < -0.4 is 5.32 Å².